The lowest BCUT2D eigenvalue weighted by molar-refractivity contribution is -0.133. The lowest BCUT2D eigenvalue weighted by Crippen LogP contribution is -2.51. The van der Waals surface area contributed by atoms with Crippen LogP contribution in [-0.2, 0) is 21.4 Å². The molecule has 2 heterocycles. The Morgan fingerprint density at radius 2 is 1.79 bits per heavy atom. The van der Waals surface area contributed by atoms with Crippen LogP contribution in [0.1, 0.15) is 5.82 Å². The summed E-state index contributed by atoms with van der Waals surface area (Å²) >= 11 is 0. The normalized spacial score (nSPS) is 15.7. The second-order valence-electron chi connectivity index (χ2n) is 6.98. The van der Waals surface area contributed by atoms with E-state index in [-0.39, 0.29) is 30.4 Å². The molecule has 0 radical (unpaired) electrons. The zero-order chi connectivity index (χ0) is 20.6. The Morgan fingerprint density at radius 3 is 2.52 bits per heavy atom. The minimum absolute atomic E-state index is 0.0715. The fourth-order valence-corrected chi connectivity index (χ4v) is 5.04. The minimum Gasteiger partial charge on any atom is -0.339 e. The van der Waals surface area contributed by atoms with Crippen LogP contribution in [0.2, 0.25) is 0 Å². The van der Waals surface area contributed by atoms with E-state index in [1.807, 2.05) is 35.8 Å². The van der Waals surface area contributed by atoms with Crippen molar-refractivity contribution in [3.63, 3.8) is 0 Å². The zero-order valence-corrected chi connectivity index (χ0v) is 16.8. The Hall–Kier alpha value is -2.78. The molecule has 1 aromatic heterocycles. The van der Waals surface area contributed by atoms with Gasteiger partial charge in [0.15, 0.2) is 0 Å². The number of aryl methyl sites for hydroxylation is 1. The SMILES string of the molecule is Cc1nc2ccccc2n1CC(=O)N1CCN(S(=O)(=O)c2cccc(F)c2)CC1. The number of imidazole rings is 1. The summed E-state index contributed by atoms with van der Waals surface area (Å²) in [5, 5.41) is 0. The smallest absolute Gasteiger partial charge is 0.243 e. The molecular weight excluding hydrogens is 395 g/mol. The van der Waals surface area contributed by atoms with E-state index in [0.717, 1.165) is 22.9 Å². The van der Waals surface area contributed by atoms with Crippen LogP contribution in [0.3, 0.4) is 0 Å². The van der Waals surface area contributed by atoms with Crippen LogP contribution in [0.4, 0.5) is 4.39 Å². The van der Waals surface area contributed by atoms with E-state index in [9.17, 15) is 17.6 Å². The number of halogens is 1. The first-order valence-electron chi connectivity index (χ1n) is 9.31. The highest BCUT2D eigenvalue weighted by atomic mass is 32.2. The van der Waals surface area contributed by atoms with Gasteiger partial charge in [0, 0.05) is 26.2 Å². The van der Waals surface area contributed by atoms with E-state index < -0.39 is 15.8 Å². The maximum Gasteiger partial charge on any atom is 0.243 e. The first-order chi connectivity index (χ1) is 13.9. The molecule has 0 spiro atoms. The molecule has 9 heteroatoms. The molecule has 4 rings (SSSR count). The molecule has 1 fully saturated rings. The number of rotatable bonds is 4. The number of hydrogen-bond acceptors (Lipinski definition) is 4. The minimum atomic E-state index is -3.78. The summed E-state index contributed by atoms with van der Waals surface area (Å²) in [6.07, 6.45) is 0. The molecule has 1 amide bonds. The van der Waals surface area contributed by atoms with Crippen molar-refractivity contribution in [3.8, 4) is 0 Å². The van der Waals surface area contributed by atoms with E-state index in [2.05, 4.69) is 4.98 Å². The van der Waals surface area contributed by atoms with E-state index >= 15 is 0 Å². The van der Waals surface area contributed by atoms with Gasteiger partial charge in [0.25, 0.3) is 0 Å². The largest absolute Gasteiger partial charge is 0.339 e. The third kappa shape index (κ3) is 3.75. The molecule has 0 unspecified atom stereocenters. The van der Waals surface area contributed by atoms with Gasteiger partial charge in [-0.1, -0.05) is 18.2 Å². The molecule has 2 aromatic carbocycles. The topological polar surface area (TPSA) is 75.5 Å². The number of amides is 1. The maximum absolute atomic E-state index is 13.4. The van der Waals surface area contributed by atoms with Crippen molar-refractivity contribution in [3.05, 3.63) is 60.2 Å². The summed E-state index contributed by atoms with van der Waals surface area (Å²) in [4.78, 5) is 18.8. The molecule has 1 saturated heterocycles. The molecule has 152 valence electrons. The number of sulfonamides is 1. The van der Waals surface area contributed by atoms with E-state index in [0.29, 0.717) is 13.1 Å². The first-order valence-corrected chi connectivity index (χ1v) is 10.8. The Morgan fingerprint density at radius 1 is 1.07 bits per heavy atom. The quantitative estimate of drug-likeness (QED) is 0.652. The van der Waals surface area contributed by atoms with E-state index in [1.54, 1.807) is 4.90 Å². The molecule has 0 N–H and O–H groups in total. The zero-order valence-electron chi connectivity index (χ0n) is 16.0. The van der Waals surface area contributed by atoms with Gasteiger partial charge in [-0.05, 0) is 37.3 Å². The number of aromatic nitrogens is 2. The standard InChI is InChI=1S/C20H21FN4O3S/c1-15-22-18-7-2-3-8-19(18)25(15)14-20(26)23-9-11-24(12-10-23)29(27,28)17-6-4-5-16(21)13-17/h2-8,13H,9-12,14H2,1H3. The Bertz CT molecular complexity index is 1170. The maximum atomic E-state index is 13.4. The number of carbonyl (C=O) groups is 1. The highest BCUT2D eigenvalue weighted by Gasteiger charge is 2.30. The third-order valence-corrected chi connectivity index (χ3v) is 7.06. The highest BCUT2D eigenvalue weighted by molar-refractivity contribution is 7.89. The summed E-state index contributed by atoms with van der Waals surface area (Å²) < 4.78 is 42.0. The van der Waals surface area contributed by atoms with Crippen LogP contribution in [0, 0.1) is 12.7 Å². The molecule has 3 aromatic rings. The van der Waals surface area contributed by atoms with Gasteiger partial charge >= 0.3 is 0 Å². The van der Waals surface area contributed by atoms with Crippen molar-refractivity contribution in [2.75, 3.05) is 26.2 Å². The summed E-state index contributed by atoms with van der Waals surface area (Å²) in [6.45, 7) is 2.94. The first kappa shape index (κ1) is 19.5. The Kier molecular flexibility index (Phi) is 5.10. The lowest BCUT2D eigenvalue weighted by atomic mass is 10.3. The van der Waals surface area contributed by atoms with Crippen molar-refractivity contribution in [1.82, 2.24) is 18.8 Å². The number of fused-ring (bicyclic) bond motifs is 1. The predicted octanol–water partition coefficient (Wildman–Crippen LogP) is 2.02. The molecule has 0 bridgehead atoms. The fourth-order valence-electron chi connectivity index (χ4n) is 3.59. The molecule has 0 aliphatic carbocycles. The number of para-hydroxylation sites is 2. The van der Waals surface area contributed by atoms with Gasteiger partial charge in [-0.2, -0.15) is 4.31 Å². The monoisotopic (exact) mass is 416 g/mol. The molecule has 29 heavy (non-hydrogen) atoms. The van der Waals surface area contributed by atoms with Gasteiger partial charge in [0.1, 0.15) is 18.2 Å². The van der Waals surface area contributed by atoms with Gasteiger partial charge in [0.05, 0.1) is 15.9 Å². The Balaban J connectivity index is 1.44. The fraction of sp³-hybridized carbons (Fsp3) is 0.300. The molecule has 1 aliphatic rings. The summed E-state index contributed by atoms with van der Waals surface area (Å²) in [5.41, 5.74) is 1.73. The average molecular weight is 416 g/mol. The van der Waals surface area contributed by atoms with Crippen LogP contribution in [-0.4, -0.2) is 59.3 Å². The lowest BCUT2D eigenvalue weighted by Gasteiger charge is -2.34. The van der Waals surface area contributed by atoms with Crippen LogP contribution in [0.25, 0.3) is 11.0 Å². The van der Waals surface area contributed by atoms with Gasteiger partial charge in [-0.3, -0.25) is 4.79 Å². The molecule has 0 atom stereocenters. The van der Waals surface area contributed by atoms with Crippen LogP contribution in [0.15, 0.2) is 53.4 Å². The molecule has 1 aliphatic heterocycles. The number of nitrogens with zero attached hydrogens (tertiary/aromatic N) is 4. The van der Waals surface area contributed by atoms with Crippen LogP contribution < -0.4 is 0 Å². The second kappa shape index (κ2) is 7.57. The summed E-state index contributed by atoms with van der Waals surface area (Å²) in [7, 11) is -3.78. The number of carbonyl (C=O) groups excluding carboxylic acids is 1. The molecular formula is C20H21FN4O3S. The van der Waals surface area contributed by atoms with Crippen molar-refractivity contribution in [2.45, 2.75) is 18.4 Å². The Labute approximate surface area is 168 Å². The third-order valence-electron chi connectivity index (χ3n) is 5.16. The van der Waals surface area contributed by atoms with Crippen LogP contribution in [0.5, 0.6) is 0 Å². The van der Waals surface area contributed by atoms with Crippen molar-refractivity contribution < 1.29 is 17.6 Å². The molecule has 7 nitrogen and oxygen atoms in total. The summed E-state index contributed by atoms with van der Waals surface area (Å²) in [6, 6.07) is 12.6. The number of benzene rings is 2. The second-order valence-corrected chi connectivity index (χ2v) is 8.91. The van der Waals surface area contributed by atoms with E-state index in [1.165, 1.54) is 22.5 Å². The number of hydrogen-bond donors (Lipinski definition) is 0. The molecule has 0 saturated carbocycles. The van der Waals surface area contributed by atoms with Gasteiger partial charge in [-0.15, -0.1) is 0 Å². The average Bonchev–Trinajstić information content (AvgIpc) is 3.03. The van der Waals surface area contributed by atoms with Crippen molar-refractivity contribution in [1.29, 1.82) is 0 Å². The van der Waals surface area contributed by atoms with Crippen molar-refractivity contribution >= 4 is 27.0 Å². The van der Waals surface area contributed by atoms with Gasteiger partial charge in [-0.25, -0.2) is 17.8 Å². The summed E-state index contributed by atoms with van der Waals surface area (Å²) in [5.74, 6) is 0.0775. The predicted molar refractivity (Wildman–Crippen MR) is 106 cm³/mol. The highest BCUT2D eigenvalue weighted by Crippen LogP contribution is 2.20. The van der Waals surface area contributed by atoms with Crippen LogP contribution >= 0.6 is 0 Å². The van der Waals surface area contributed by atoms with E-state index in [4.69, 9.17) is 0 Å². The number of piperazine rings is 1. The van der Waals surface area contributed by atoms with Crippen molar-refractivity contribution in [2.24, 2.45) is 0 Å². The van der Waals surface area contributed by atoms with Gasteiger partial charge in [0.2, 0.25) is 15.9 Å². The van der Waals surface area contributed by atoms with Gasteiger partial charge < -0.3 is 9.47 Å².